The largest absolute Gasteiger partial charge is 0.497 e. The molecule has 0 spiro atoms. The molecule has 0 aliphatic heterocycles. The Balaban J connectivity index is 1.94. The number of hydrogen-bond acceptors (Lipinski definition) is 5. The molecule has 0 atom stereocenters. The Hall–Kier alpha value is -2.06. The monoisotopic (exact) mass is 483 g/mol. The van der Waals surface area contributed by atoms with Crippen LogP contribution in [0, 0.1) is 6.92 Å². The Kier molecular flexibility index (Phi) is 7.47. The minimum Gasteiger partial charge on any atom is -0.497 e. The number of nitrogens with one attached hydrogen (secondary N) is 2. The number of amides is 1. The second-order valence-electron chi connectivity index (χ2n) is 5.36. The van der Waals surface area contributed by atoms with Crippen molar-refractivity contribution >= 4 is 49.7 Å². The summed E-state index contributed by atoms with van der Waals surface area (Å²) in [4.78, 5) is 12.0. The Labute approximate surface area is 169 Å². The van der Waals surface area contributed by atoms with Gasteiger partial charge in [0.1, 0.15) is 11.5 Å². The van der Waals surface area contributed by atoms with E-state index >= 15 is 0 Å². The molecule has 0 bridgehead atoms. The summed E-state index contributed by atoms with van der Waals surface area (Å²) in [6, 6.07) is 9.28. The highest BCUT2D eigenvalue weighted by Crippen LogP contribution is 2.32. The zero-order chi connectivity index (χ0) is 19.1. The van der Waals surface area contributed by atoms with Gasteiger partial charge in [-0.15, -0.1) is 0 Å². The molecule has 0 aromatic heterocycles. The lowest BCUT2D eigenvalue weighted by atomic mass is 10.2. The number of nitrogens with zero attached hydrogens (tertiary/aromatic N) is 1. The molecular formula is C18H19Br2N3O3. The van der Waals surface area contributed by atoms with Gasteiger partial charge in [0.05, 0.1) is 32.7 Å². The minimum absolute atomic E-state index is 0.0807. The van der Waals surface area contributed by atoms with E-state index in [-0.39, 0.29) is 12.5 Å². The Morgan fingerprint density at radius 1 is 1.15 bits per heavy atom. The predicted molar refractivity (Wildman–Crippen MR) is 110 cm³/mol. The summed E-state index contributed by atoms with van der Waals surface area (Å²) in [5.74, 6) is 1.02. The number of benzene rings is 2. The Morgan fingerprint density at radius 3 is 2.46 bits per heavy atom. The number of carbonyl (C=O) groups excluding carboxylic acids is 1. The van der Waals surface area contributed by atoms with Crippen molar-refractivity contribution in [3.63, 3.8) is 0 Å². The van der Waals surface area contributed by atoms with Crippen LogP contribution in [0.3, 0.4) is 0 Å². The SMILES string of the molecule is COc1ccc(/C=N\NC(=O)CNc2c(Br)cc(C)cc2Br)c(OC)c1. The first-order chi connectivity index (χ1) is 12.4. The van der Waals surface area contributed by atoms with Crippen molar-refractivity contribution in [3.05, 3.63) is 50.4 Å². The van der Waals surface area contributed by atoms with Crippen LogP contribution in [-0.4, -0.2) is 32.9 Å². The lowest BCUT2D eigenvalue weighted by Crippen LogP contribution is -2.26. The maximum absolute atomic E-state index is 12.0. The summed E-state index contributed by atoms with van der Waals surface area (Å²) in [5, 5.41) is 7.04. The van der Waals surface area contributed by atoms with Crippen LogP contribution in [0.15, 0.2) is 44.4 Å². The third-order valence-corrected chi connectivity index (χ3v) is 4.70. The molecule has 0 aliphatic rings. The molecule has 2 rings (SSSR count). The first-order valence-corrected chi connectivity index (χ1v) is 9.26. The van der Waals surface area contributed by atoms with E-state index in [1.807, 2.05) is 19.1 Å². The van der Waals surface area contributed by atoms with Crippen LogP contribution in [0.2, 0.25) is 0 Å². The van der Waals surface area contributed by atoms with Crippen LogP contribution in [0.1, 0.15) is 11.1 Å². The molecule has 0 saturated heterocycles. The average Bonchev–Trinajstić information content (AvgIpc) is 2.61. The molecule has 0 heterocycles. The number of hydrogen-bond donors (Lipinski definition) is 2. The molecular weight excluding hydrogens is 466 g/mol. The Bertz CT molecular complexity index is 802. The van der Waals surface area contributed by atoms with E-state index in [9.17, 15) is 4.79 Å². The van der Waals surface area contributed by atoms with Crippen molar-refractivity contribution in [2.45, 2.75) is 6.92 Å². The number of ether oxygens (including phenoxy) is 2. The van der Waals surface area contributed by atoms with Gasteiger partial charge in [-0.1, -0.05) is 0 Å². The van der Waals surface area contributed by atoms with E-state index in [4.69, 9.17) is 9.47 Å². The highest BCUT2D eigenvalue weighted by molar-refractivity contribution is 9.11. The number of hydrazone groups is 1. The van der Waals surface area contributed by atoms with Crippen molar-refractivity contribution in [2.24, 2.45) is 5.10 Å². The van der Waals surface area contributed by atoms with Crippen molar-refractivity contribution in [1.82, 2.24) is 5.43 Å². The first-order valence-electron chi connectivity index (χ1n) is 7.68. The van der Waals surface area contributed by atoms with Crippen LogP contribution in [0.4, 0.5) is 5.69 Å². The molecule has 0 aliphatic carbocycles. The fraction of sp³-hybridized carbons (Fsp3) is 0.222. The number of halogens is 2. The molecule has 138 valence electrons. The summed E-state index contributed by atoms with van der Waals surface area (Å²) in [6.07, 6.45) is 1.52. The number of carbonyl (C=O) groups is 1. The van der Waals surface area contributed by atoms with Crippen LogP contribution in [0.5, 0.6) is 11.5 Å². The molecule has 1 amide bonds. The van der Waals surface area contributed by atoms with Crippen molar-refractivity contribution in [2.75, 3.05) is 26.1 Å². The molecule has 2 aromatic carbocycles. The van der Waals surface area contributed by atoms with Crippen LogP contribution in [0.25, 0.3) is 0 Å². The molecule has 0 fully saturated rings. The van der Waals surface area contributed by atoms with Crippen molar-refractivity contribution in [3.8, 4) is 11.5 Å². The van der Waals surface area contributed by atoms with Crippen LogP contribution in [-0.2, 0) is 4.79 Å². The Morgan fingerprint density at radius 2 is 1.85 bits per heavy atom. The summed E-state index contributed by atoms with van der Waals surface area (Å²) in [7, 11) is 3.15. The highest BCUT2D eigenvalue weighted by Gasteiger charge is 2.08. The third kappa shape index (κ3) is 5.47. The van der Waals surface area contributed by atoms with Gasteiger partial charge in [-0.2, -0.15) is 5.10 Å². The van der Waals surface area contributed by atoms with Gasteiger partial charge < -0.3 is 14.8 Å². The smallest absolute Gasteiger partial charge is 0.259 e. The lowest BCUT2D eigenvalue weighted by Gasteiger charge is -2.11. The summed E-state index contributed by atoms with van der Waals surface area (Å²) >= 11 is 6.96. The highest BCUT2D eigenvalue weighted by atomic mass is 79.9. The topological polar surface area (TPSA) is 72.0 Å². The molecule has 2 aromatic rings. The number of methoxy groups -OCH3 is 2. The minimum atomic E-state index is -0.270. The number of aryl methyl sites for hydroxylation is 1. The molecule has 26 heavy (non-hydrogen) atoms. The van der Waals surface area contributed by atoms with E-state index in [1.165, 1.54) is 6.21 Å². The van der Waals surface area contributed by atoms with Gasteiger partial charge in [-0.3, -0.25) is 4.79 Å². The predicted octanol–water partition coefficient (Wildman–Crippen LogP) is 4.10. The van der Waals surface area contributed by atoms with Crippen molar-refractivity contribution < 1.29 is 14.3 Å². The van der Waals surface area contributed by atoms with E-state index in [1.54, 1.807) is 32.4 Å². The molecule has 0 saturated carbocycles. The zero-order valence-corrected chi connectivity index (χ0v) is 17.8. The molecule has 6 nitrogen and oxygen atoms in total. The maximum Gasteiger partial charge on any atom is 0.259 e. The van der Waals surface area contributed by atoms with Gasteiger partial charge >= 0.3 is 0 Å². The normalized spacial score (nSPS) is 10.7. The second-order valence-corrected chi connectivity index (χ2v) is 7.07. The first kappa shape index (κ1) is 20.3. The van der Waals surface area contributed by atoms with E-state index in [2.05, 4.69) is 47.7 Å². The van der Waals surface area contributed by atoms with E-state index < -0.39 is 0 Å². The third-order valence-electron chi connectivity index (χ3n) is 3.45. The summed E-state index contributed by atoms with van der Waals surface area (Å²) in [6.45, 7) is 2.07. The van der Waals surface area contributed by atoms with E-state index in [0.29, 0.717) is 11.5 Å². The fourth-order valence-electron chi connectivity index (χ4n) is 2.18. The molecule has 2 N–H and O–H groups in total. The molecule has 8 heteroatoms. The van der Waals surface area contributed by atoms with Gasteiger partial charge in [0, 0.05) is 20.6 Å². The van der Waals surface area contributed by atoms with Crippen LogP contribution >= 0.6 is 31.9 Å². The molecule has 0 unspecified atom stereocenters. The van der Waals surface area contributed by atoms with Crippen molar-refractivity contribution in [1.29, 1.82) is 0 Å². The zero-order valence-electron chi connectivity index (χ0n) is 14.6. The summed E-state index contributed by atoms with van der Waals surface area (Å²) in [5.41, 5.74) is 5.13. The number of anilines is 1. The van der Waals surface area contributed by atoms with E-state index in [0.717, 1.165) is 25.8 Å². The fourth-order valence-corrected chi connectivity index (χ4v) is 3.87. The van der Waals surface area contributed by atoms with Gasteiger partial charge in [0.2, 0.25) is 0 Å². The quantitative estimate of drug-likeness (QED) is 0.458. The maximum atomic E-state index is 12.0. The van der Waals surface area contributed by atoms with Gasteiger partial charge in [-0.25, -0.2) is 5.43 Å². The second kappa shape index (κ2) is 9.59. The standard InChI is InChI=1S/C18H19Br2N3O3/c1-11-6-14(19)18(15(20)7-11)21-10-17(24)23-22-9-12-4-5-13(25-2)8-16(12)26-3/h4-9,21H,10H2,1-3H3,(H,23,24)/b22-9-. The lowest BCUT2D eigenvalue weighted by molar-refractivity contribution is -0.119. The van der Waals surface area contributed by atoms with Gasteiger partial charge in [0.25, 0.3) is 5.91 Å². The summed E-state index contributed by atoms with van der Waals surface area (Å²) < 4.78 is 12.2. The van der Waals surface area contributed by atoms with Crippen LogP contribution < -0.4 is 20.2 Å². The van der Waals surface area contributed by atoms with Gasteiger partial charge in [0.15, 0.2) is 0 Å². The number of rotatable bonds is 7. The van der Waals surface area contributed by atoms with Gasteiger partial charge in [-0.05, 0) is 68.6 Å². The molecule has 0 radical (unpaired) electrons. The average molecular weight is 485 g/mol.